The molecule has 3 aromatic carbocycles. The van der Waals surface area contributed by atoms with Crippen molar-refractivity contribution in [1.29, 1.82) is 0 Å². The summed E-state index contributed by atoms with van der Waals surface area (Å²) in [7, 11) is -1.44. The van der Waals surface area contributed by atoms with E-state index in [1.54, 1.807) is 26.5 Å². The van der Waals surface area contributed by atoms with Gasteiger partial charge in [0.2, 0.25) is 5.88 Å². The normalized spacial score (nSPS) is 24.2. The zero-order chi connectivity index (χ0) is 56.2. The third-order valence-corrected chi connectivity index (χ3v) is 19.7. The van der Waals surface area contributed by atoms with Gasteiger partial charge in [-0.15, -0.1) is 0 Å². The van der Waals surface area contributed by atoms with Crippen molar-refractivity contribution in [2.24, 2.45) is 11.3 Å². The number of H-pyrrole nitrogens is 1. The van der Waals surface area contributed by atoms with Gasteiger partial charge in [-0.05, 0) is 142 Å². The van der Waals surface area contributed by atoms with E-state index >= 15 is 0 Å². The third-order valence-electron chi connectivity index (χ3n) is 18.0. The van der Waals surface area contributed by atoms with E-state index in [0.29, 0.717) is 79.5 Å². The minimum absolute atomic E-state index is 0.0951. The number of ether oxygens (including phenoxy) is 4. The number of aromatic amines is 1. The quantitative estimate of drug-likeness (QED) is 0.0555. The number of rotatable bonds is 15. The molecule has 3 saturated heterocycles. The molecule has 0 radical (unpaired) electrons. The summed E-state index contributed by atoms with van der Waals surface area (Å²) in [6.45, 7) is 7.85. The van der Waals surface area contributed by atoms with Crippen LogP contribution in [0.15, 0.2) is 96.2 Å². The zero-order valence-electron chi connectivity index (χ0n) is 45.8. The molecule has 22 heteroatoms. The van der Waals surface area contributed by atoms with Crippen LogP contribution in [0.25, 0.3) is 11.0 Å². The molecule has 1 amide bonds. The number of piperazine rings is 1. The Kier molecular flexibility index (Phi) is 15.0. The first-order chi connectivity index (χ1) is 39.1. The Balaban J connectivity index is 0.790. The summed E-state index contributed by atoms with van der Waals surface area (Å²) in [5.41, 5.74) is 4.08. The number of carbonyl (C=O) groups excluding carboxylic acids is 1. The predicted octanol–water partition coefficient (Wildman–Crippen LogP) is 9.00. The number of anilines is 4. The van der Waals surface area contributed by atoms with Gasteiger partial charge in [-0.2, -0.15) is 4.98 Å². The smallest absolute Gasteiger partial charge is 0.293 e. The fourth-order valence-corrected chi connectivity index (χ4v) is 14.7. The third kappa shape index (κ3) is 11.1. The van der Waals surface area contributed by atoms with Crippen molar-refractivity contribution in [3.63, 3.8) is 0 Å². The molecule has 0 unspecified atom stereocenters. The second kappa shape index (κ2) is 22.2. The Bertz CT molecular complexity index is 3450. The average Bonchev–Trinajstić information content (AvgIpc) is 3.93. The lowest BCUT2D eigenvalue weighted by Crippen LogP contribution is -2.59. The highest BCUT2D eigenvalue weighted by Crippen LogP contribution is 2.54. The minimum Gasteiger partial charge on any atom is -0.491 e. The number of methoxy groups -OCH3 is 2. The van der Waals surface area contributed by atoms with Crippen LogP contribution in [0.5, 0.6) is 17.5 Å². The number of amides is 1. The van der Waals surface area contributed by atoms with Crippen LogP contribution in [0.2, 0.25) is 5.02 Å². The van der Waals surface area contributed by atoms with Gasteiger partial charge in [-0.25, -0.2) is 18.1 Å². The number of nitro benzene ring substituents is 1. The Hall–Kier alpha value is -6.75. The number of halogens is 1. The molecule has 4 N–H and O–H groups in total. The fraction of sp³-hybridized carbons (Fsp3) is 0.475. The number of aliphatic hydroxyl groups is 1. The molecule has 7 heterocycles. The Morgan fingerprint density at radius 2 is 1.77 bits per heavy atom. The Morgan fingerprint density at radius 1 is 0.963 bits per heavy atom. The molecule has 6 aliphatic rings. The van der Waals surface area contributed by atoms with Gasteiger partial charge >= 0.3 is 0 Å². The van der Waals surface area contributed by atoms with E-state index in [1.807, 2.05) is 55.6 Å². The molecule has 428 valence electrons. The summed E-state index contributed by atoms with van der Waals surface area (Å²) in [6, 6.07) is 23.4. The second-order valence-corrected chi connectivity index (χ2v) is 25.3. The van der Waals surface area contributed by atoms with Crippen LogP contribution >= 0.6 is 11.6 Å². The fourth-order valence-electron chi connectivity index (χ4n) is 13.4. The van der Waals surface area contributed by atoms with Crippen molar-refractivity contribution in [2.75, 3.05) is 81.8 Å². The number of nitro groups is 1. The SMILES string of the molecule is COc1cc(CN2CCN(C3CC4(CCN(c5ccc(C(=O)NS(=O)(=O)c6ccc(NC[C@H]7CC[C@](C)(O)CC7)c([N+](=O)[O-])c6)c(N6c7cc8cc[nH]c8nc7O[C@H]7COCC[C@@H]76)c5)CC4)C3)[C@H](c3ccccc3Cl)C2)cnc1OC. The maximum Gasteiger partial charge on any atom is 0.293 e. The molecule has 6 aromatic rings. The highest BCUT2D eigenvalue weighted by molar-refractivity contribution is 7.90. The van der Waals surface area contributed by atoms with Gasteiger partial charge in [-0.3, -0.25) is 24.7 Å². The summed E-state index contributed by atoms with van der Waals surface area (Å²) >= 11 is 6.97. The zero-order valence-corrected chi connectivity index (χ0v) is 47.4. The lowest BCUT2D eigenvalue weighted by molar-refractivity contribution is -0.384. The number of nitrogens with one attached hydrogen (secondary N) is 3. The van der Waals surface area contributed by atoms with E-state index in [2.05, 4.69) is 51.7 Å². The maximum absolute atomic E-state index is 14.8. The van der Waals surface area contributed by atoms with Crippen molar-refractivity contribution >= 4 is 67.0 Å². The van der Waals surface area contributed by atoms with Gasteiger partial charge in [0.15, 0.2) is 5.75 Å². The Morgan fingerprint density at radius 3 is 2.53 bits per heavy atom. The molecule has 1 spiro atoms. The monoisotopic (exact) mass is 1140 g/mol. The van der Waals surface area contributed by atoms with Gasteiger partial charge < -0.3 is 44.2 Å². The predicted molar refractivity (Wildman–Crippen MR) is 308 cm³/mol. The van der Waals surface area contributed by atoms with E-state index in [-0.39, 0.29) is 41.3 Å². The average molecular weight is 1150 g/mol. The van der Waals surface area contributed by atoms with E-state index < -0.39 is 43.1 Å². The number of fused-ring (bicyclic) bond motifs is 3. The number of piperidine rings is 1. The lowest BCUT2D eigenvalue weighted by Gasteiger charge is -2.58. The molecule has 81 heavy (non-hydrogen) atoms. The number of hydrogen-bond acceptors (Lipinski definition) is 17. The van der Waals surface area contributed by atoms with Crippen LogP contribution in [0, 0.1) is 21.4 Å². The van der Waals surface area contributed by atoms with Gasteiger partial charge in [0.1, 0.15) is 23.1 Å². The standard InChI is InChI=1S/C59H69ClN10O10S/c1-58(72)16-12-37(13-17-58)32-62-46-11-9-42(29-49(46)70(73)74)81(75,76)65-55(71)44-10-8-40(28-48(44)69-47-15-25-79-36-53(47)80-56-50(69)27-39-14-20-61-54(39)64-56)67-21-18-59(19-22-67)30-41(31-59)68-24-23-66(35-51(68)43-6-4-5-7-45(43)60)34-38-26-52(77-2)57(78-3)63-33-38/h4-11,14,20,26-29,33,37,41,47,51,53,62,72H,12-13,15-19,21-25,30-32,34-36H2,1-3H3,(H,61,64)(H,65,71)/t37-,47-,51-,53-,58-/m0/s1. The van der Waals surface area contributed by atoms with Crippen LogP contribution in [-0.4, -0.2) is 140 Å². The number of carbonyl (C=O) groups is 1. The van der Waals surface area contributed by atoms with Crippen molar-refractivity contribution in [2.45, 2.75) is 106 Å². The van der Waals surface area contributed by atoms with Gasteiger partial charge in [0.05, 0.1) is 53.5 Å². The molecular formula is C59H69ClN10O10S. The molecule has 3 aromatic heterocycles. The topological polar surface area (TPSA) is 230 Å². The molecule has 20 nitrogen and oxygen atoms in total. The number of hydrogen-bond donors (Lipinski definition) is 4. The molecule has 4 aliphatic heterocycles. The van der Waals surface area contributed by atoms with Gasteiger partial charge in [-0.1, -0.05) is 29.8 Å². The number of sulfonamides is 1. The van der Waals surface area contributed by atoms with Crippen LogP contribution in [0.3, 0.4) is 0 Å². The summed E-state index contributed by atoms with van der Waals surface area (Å²) in [5, 5.41) is 27.6. The van der Waals surface area contributed by atoms with Crippen molar-refractivity contribution in [3.05, 3.63) is 123 Å². The number of nitrogens with zero attached hydrogens (tertiary/aromatic N) is 7. The van der Waals surface area contributed by atoms with E-state index in [0.717, 1.165) is 105 Å². The van der Waals surface area contributed by atoms with Crippen molar-refractivity contribution in [1.82, 2.24) is 29.5 Å². The van der Waals surface area contributed by atoms with Crippen LogP contribution in [-0.2, 0) is 21.3 Å². The number of aromatic nitrogens is 3. The van der Waals surface area contributed by atoms with E-state index in [9.17, 15) is 28.4 Å². The van der Waals surface area contributed by atoms with Crippen molar-refractivity contribution < 1.29 is 42.2 Å². The first-order valence-electron chi connectivity index (χ1n) is 28.1. The maximum atomic E-state index is 14.8. The largest absolute Gasteiger partial charge is 0.491 e. The molecule has 0 bridgehead atoms. The Labute approximate surface area is 476 Å². The van der Waals surface area contributed by atoms with E-state index in [1.165, 1.54) is 12.1 Å². The van der Waals surface area contributed by atoms with Crippen LogP contribution in [0.4, 0.5) is 28.4 Å². The van der Waals surface area contributed by atoms with Gasteiger partial charge in [0, 0.05) is 99.1 Å². The molecule has 12 rings (SSSR count). The highest BCUT2D eigenvalue weighted by Gasteiger charge is 2.50. The second-order valence-electron chi connectivity index (χ2n) is 23.2. The first kappa shape index (κ1) is 54.8. The lowest BCUT2D eigenvalue weighted by atomic mass is 9.59. The summed E-state index contributed by atoms with van der Waals surface area (Å²) in [5.74, 6) is 0.709. The molecule has 5 fully saturated rings. The van der Waals surface area contributed by atoms with Crippen molar-refractivity contribution in [3.8, 4) is 17.5 Å². The molecule has 2 saturated carbocycles. The summed E-state index contributed by atoms with van der Waals surface area (Å²) in [6.07, 6.45) is 10.6. The summed E-state index contributed by atoms with van der Waals surface area (Å²) < 4.78 is 54.2. The summed E-state index contributed by atoms with van der Waals surface area (Å²) in [4.78, 5) is 48.3. The van der Waals surface area contributed by atoms with Gasteiger partial charge in [0.25, 0.3) is 27.5 Å². The van der Waals surface area contributed by atoms with Crippen LogP contribution in [0.1, 0.15) is 92.2 Å². The molecular weight excluding hydrogens is 1080 g/mol. The van der Waals surface area contributed by atoms with Crippen LogP contribution < -0.4 is 34.0 Å². The molecule has 2 aliphatic carbocycles. The number of benzene rings is 3. The minimum atomic E-state index is -4.65. The van der Waals surface area contributed by atoms with E-state index in [4.69, 9.17) is 35.5 Å². The first-order valence-corrected chi connectivity index (χ1v) is 29.9. The highest BCUT2D eigenvalue weighted by atomic mass is 35.5. The molecule has 3 atom stereocenters. The number of pyridine rings is 2.